The van der Waals surface area contributed by atoms with Crippen LogP contribution in [0.5, 0.6) is 5.75 Å². The Hall–Kier alpha value is -2.51. The SMILES string of the molecule is FCCOOCCOc1ccc2nc(C3=CN=C(N4CCCC4)CC3)ccc2c1. The average molecular weight is 399 g/mol. The molecule has 154 valence electrons. The minimum atomic E-state index is -0.566. The van der Waals surface area contributed by atoms with Crippen LogP contribution in [0.2, 0.25) is 0 Å². The van der Waals surface area contributed by atoms with E-state index >= 15 is 0 Å². The third-order valence-electron chi connectivity index (χ3n) is 5.13. The highest BCUT2D eigenvalue weighted by Crippen LogP contribution is 2.27. The molecule has 2 aliphatic rings. The van der Waals surface area contributed by atoms with Gasteiger partial charge in [-0.3, -0.25) is 0 Å². The fourth-order valence-corrected chi connectivity index (χ4v) is 3.65. The van der Waals surface area contributed by atoms with E-state index in [4.69, 9.17) is 19.6 Å². The molecule has 4 rings (SSSR count). The van der Waals surface area contributed by atoms with E-state index in [2.05, 4.69) is 15.9 Å². The monoisotopic (exact) mass is 399 g/mol. The van der Waals surface area contributed by atoms with Crippen LogP contribution in [0, 0.1) is 0 Å². The number of alkyl halides is 1. The third-order valence-corrected chi connectivity index (χ3v) is 5.13. The maximum absolute atomic E-state index is 11.9. The lowest BCUT2D eigenvalue weighted by atomic mass is 10.0. The summed E-state index contributed by atoms with van der Waals surface area (Å²) < 4.78 is 17.5. The molecule has 0 amide bonds. The Kier molecular flexibility index (Phi) is 6.69. The van der Waals surface area contributed by atoms with Gasteiger partial charge in [0.1, 0.15) is 38.1 Å². The van der Waals surface area contributed by atoms with E-state index in [1.54, 1.807) is 0 Å². The Morgan fingerprint density at radius 2 is 1.83 bits per heavy atom. The first kappa shape index (κ1) is 19.8. The van der Waals surface area contributed by atoms with Crippen molar-refractivity contribution < 1.29 is 18.9 Å². The van der Waals surface area contributed by atoms with Gasteiger partial charge in [0, 0.05) is 31.1 Å². The number of aromatic nitrogens is 1. The maximum atomic E-state index is 11.9. The Bertz CT molecular complexity index is 894. The summed E-state index contributed by atoms with van der Waals surface area (Å²) in [7, 11) is 0. The molecule has 0 radical (unpaired) electrons. The number of fused-ring (bicyclic) bond motifs is 1. The molecule has 1 aromatic heterocycles. The van der Waals surface area contributed by atoms with Crippen LogP contribution >= 0.6 is 0 Å². The highest BCUT2D eigenvalue weighted by molar-refractivity contribution is 5.88. The molecular weight excluding hydrogens is 373 g/mol. The van der Waals surface area contributed by atoms with Gasteiger partial charge in [-0.25, -0.2) is 24.1 Å². The van der Waals surface area contributed by atoms with Crippen LogP contribution in [-0.4, -0.2) is 55.3 Å². The quantitative estimate of drug-likeness (QED) is 0.379. The minimum absolute atomic E-state index is 0.0642. The minimum Gasteiger partial charge on any atom is -0.491 e. The summed E-state index contributed by atoms with van der Waals surface area (Å²) in [6.45, 7) is 2.21. The second-order valence-electron chi connectivity index (χ2n) is 7.13. The van der Waals surface area contributed by atoms with Crippen molar-refractivity contribution in [2.75, 3.05) is 39.6 Å². The van der Waals surface area contributed by atoms with Crippen LogP contribution < -0.4 is 4.74 Å². The number of halogens is 1. The number of allylic oxidation sites excluding steroid dienone is 1. The van der Waals surface area contributed by atoms with E-state index < -0.39 is 6.67 Å². The number of likely N-dealkylation sites (tertiary alicyclic amines) is 1. The molecule has 0 aliphatic carbocycles. The lowest BCUT2D eigenvalue weighted by Gasteiger charge is -2.22. The van der Waals surface area contributed by atoms with E-state index in [0.717, 1.165) is 48.3 Å². The molecule has 3 heterocycles. The van der Waals surface area contributed by atoms with Crippen LogP contribution in [0.15, 0.2) is 41.5 Å². The largest absolute Gasteiger partial charge is 0.491 e. The molecule has 6 nitrogen and oxygen atoms in total. The summed E-state index contributed by atoms with van der Waals surface area (Å²) in [5, 5.41) is 1.01. The average Bonchev–Trinajstić information content (AvgIpc) is 3.31. The molecule has 2 aromatic rings. The molecule has 0 spiro atoms. The fourth-order valence-electron chi connectivity index (χ4n) is 3.65. The lowest BCUT2D eigenvalue weighted by Crippen LogP contribution is -2.28. The Morgan fingerprint density at radius 1 is 0.966 bits per heavy atom. The number of ether oxygens (including phenoxy) is 1. The number of amidine groups is 1. The zero-order valence-electron chi connectivity index (χ0n) is 16.5. The summed E-state index contributed by atoms with van der Waals surface area (Å²) in [6.07, 6.45) is 6.48. The summed E-state index contributed by atoms with van der Waals surface area (Å²) >= 11 is 0. The second kappa shape index (κ2) is 9.80. The fraction of sp³-hybridized carbons (Fsp3) is 0.455. The number of hydrogen-bond donors (Lipinski definition) is 0. The molecule has 0 N–H and O–H groups in total. The topological polar surface area (TPSA) is 56.2 Å². The van der Waals surface area contributed by atoms with Crippen LogP contribution in [0.3, 0.4) is 0 Å². The Morgan fingerprint density at radius 3 is 2.62 bits per heavy atom. The zero-order chi connectivity index (χ0) is 19.9. The Labute approximate surface area is 169 Å². The number of rotatable bonds is 8. The van der Waals surface area contributed by atoms with Crippen molar-refractivity contribution in [2.24, 2.45) is 4.99 Å². The van der Waals surface area contributed by atoms with Crippen LogP contribution in [0.25, 0.3) is 16.5 Å². The van der Waals surface area contributed by atoms with Crippen molar-refractivity contribution in [3.63, 3.8) is 0 Å². The van der Waals surface area contributed by atoms with Gasteiger partial charge in [-0.05, 0) is 49.1 Å². The second-order valence-corrected chi connectivity index (χ2v) is 7.13. The molecule has 1 saturated heterocycles. The first-order valence-electron chi connectivity index (χ1n) is 10.2. The maximum Gasteiger partial charge on any atom is 0.120 e. The molecule has 1 aromatic carbocycles. The first-order valence-corrected chi connectivity index (χ1v) is 10.2. The van der Waals surface area contributed by atoms with Crippen molar-refractivity contribution in [3.05, 3.63) is 42.2 Å². The van der Waals surface area contributed by atoms with Gasteiger partial charge in [-0.2, -0.15) is 0 Å². The predicted octanol–water partition coefficient (Wildman–Crippen LogP) is 4.16. The van der Waals surface area contributed by atoms with Crippen LogP contribution in [-0.2, 0) is 9.78 Å². The summed E-state index contributed by atoms with van der Waals surface area (Å²) in [5.41, 5.74) is 3.09. The number of benzene rings is 1. The van der Waals surface area contributed by atoms with Gasteiger partial charge in [-0.15, -0.1) is 0 Å². The van der Waals surface area contributed by atoms with Crippen molar-refractivity contribution in [1.82, 2.24) is 9.88 Å². The predicted molar refractivity (Wildman–Crippen MR) is 111 cm³/mol. The summed E-state index contributed by atoms with van der Waals surface area (Å²) in [5.74, 6) is 1.95. The molecule has 7 heteroatoms. The molecular formula is C22H26FN3O3. The van der Waals surface area contributed by atoms with Crippen LogP contribution in [0.1, 0.15) is 31.4 Å². The molecule has 0 atom stereocenters. The van der Waals surface area contributed by atoms with Gasteiger partial charge in [0.05, 0.1) is 11.2 Å². The smallest absolute Gasteiger partial charge is 0.120 e. The van der Waals surface area contributed by atoms with Crippen molar-refractivity contribution in [3.8, 4) is 5.75 Å². The molecule has 2 aliphatic heterocycles. The zero-order valence-corrected chi connectivity index (χ0v) is 16.5. The molecule has 29 heavy (non-hydrogen) atoms. The lowest BCUT2D eigenvalue weighted by molar-refractivity contribution is -0.297. The summed E-state index contributed by atoms with van der Waals surface area (Å²) in [4.78, 5) is 21.3. The van der Waals surface area contributed by atoms with Gasteiger partial charge in [0.25, 0.3) is 0 Å². The van der Waals surface area contributed by atoms with Crippen molar-refractivity contribution >= 4 is 22.3 Å². The molecule has 0 bridgehead atoms. The molecule has 0 unspecified atom stereocenters. The van der Waals surface area contributed by atoms with E-state index in [0.29, 0.717) is 6.61 Å². The van der Waals surface area contributed by atoms with Crippen molar-refractivity contribution in [1.29, 1.82) is 0 Å². The van der Waals surface area contributed by atoms with Gasteiger partial charge < -0.3 is 9.64 Å². The highest BCUT2D eigenvalue weighted by Gasteiger charge is 2.19. The Balaban J connectivity index is 1.38. The van der Waals surface area contributed by atoms with E-state index in [-0.39, 0.29) is 13.2 Å². The number of hydrogen-bond acceptors (Lipinski definition) is 6. The summed E-state index contributed by atoms with van der Waals surface area (Å²) in [6, 6.07) is 9.90. The highest BCUT2D eigenvalue weighted by atomic mass is 19.1. The normalized spacial score (nSPS) is 16.8. The van der Waals surface area contributed by atoms with Gasteiger partial charge >= 0.3 is 0 Å². The van der Waals surface area contributed by atoms with E-state index in [1.807, 2.05) is 30.5 Å². The molecule has 0 saturated carbocycles. The molecule has 1 fully saturated rings. The van der Waals surface area contributed by atoms with Crippen LogP contribution in [0.4, 0.5) is 4.39 Å². The standard InChI is InChI=1S/C22H26FN3O3/c23-9-12-28-29-14-13-27-19-5-7-20-17(15-19)3-6-21(25-20)18-4-8-22(24-16-18)26-10-1-2-11-26/h3,5-7,15-16H,1-2,4,8-14H2. The first-order chi connectivity index (χ1) is 14.3. The van der Waals surface area contributed by atoms with E-state index in [9.17, 15) is 4.39 Å². The van der Waals surface area contributed by atoms with Gasteiger partial charge in [-0.1, -0.05) is 6.07 Å². The third kappa shape index (κ3) is 5.10. The van der Waals surface area contributed by atoms with Crippen molar-refractivity contribution in [2.45, 2.75) is 25.7 Å². The number of nitrogens with zero attached hydrogens (tertiary/aromatic N) is 3. The van der Waals surface area contributed by atoms with E-state index in [1.165, 1.54) is 24.3 Å². The van der Waals surface area contributed by atoms with Gasteiger partial charge in [0.15, 0.2) is 0 Å². The van der Waals surface area contributed by atoms with Gasteiger partial charge in [0.2, 0.25) is 0 Å². The number of pyridine rings is 1. The number of aliphatic imine (C=N–C) groups is 1.